The van der Waals surface area contributed by atoms with Gasteiger partial charge in [0.1, 0.15) is 0 Å². The van der Waals surface area contributed by atoms with Crippen LogP contribution in [0.15, 0.2) is 76.0 Å². The number of benzene rings is 1. The van der Waals surface area contributed by atoms with Gasteiger partial charge >= 0.3 is 0 Å². The number of anilines is 1. The smallest absolute Gasteiger partial charge is 0.257 e. The lowest BCUT2D eigenvalue weighted by molar-refractivity contribution is -0.130. The van der Waals surface area contributed by atoms with Crippen LogP contribution in [0.25, 0.3) is 0 Å². The number of allylic oxidation sites excluding steroid dienone is 2. The lowest BCUT2D eigenvalue weighted by Crippen LogP contribution is -2.56. The molecule has 42 heavy (non-hydrogen) atoms. The summed E-state index contributed by atoms with van der Waals surface area (Å²) >= 11 is 2.90. The zero-order valence-corrected chi connectivity index (χ0v) is 27.0. The fourth-order valence-corrected chi connectivity index (χ4v) is 6.84. The summed E-state index contributed by atoms with van der Waals surface area (Å²) < 4.78 is 0.895. The van der Waals surface area contributed by atoms with Crippen LogP contribution in [0.4, 0.5) is 5.13 Å². The third kappa shape index (κ3) is 8.53. The molecule has 0 bridgehead atoms. The number of nitrogens with zero attached hydrogens (tertiary/aromatic N) is 4. The van der Waals surface area contributed by atoms with Crippen LogP contribution in [0.2, 0.25) is 0 Å². The predicted octanol–water partition coefficient (Wildman–Crippen LogP) is 5.72. The van der Waals surface area contributed by atoms with Gasteiger partial charge in [-0.25, -0.2) is 4.98 Å². The van der Waals surface area contributed by atoms with Crippen molar-refractivity contribution in [3.8, 4) is 0 Å². The van der Waals surface area contributed by atoms with Crippen molar-refractivity contribution in [3.05, 3.63) is 83.6 Å². The Balaban J connectivity index is 1.75. The second-order valence-electron chi connectivity index (χ2n) is 10.6. The number of hydrogen-bond acceptors (Lipinski definition) is 7. The molecule has 0 aliphatic carbocycles. The Morgan fingerprint density at radius 3 is 2.57 bits per heavy atom. The maximum atomic E-state index is 13.6. The molecule has 1 aliphatic rings. The van der Waals surface area contributed by atoms with Crippen LogP contribution < -0.4 is 5.32 Å². The quantitative estimate of drug-likeness (QED) is 0.260. The fourth-order valence-electron chi connectivity index (χ4n) is 4.91. The summed E-state index contributed by atoms with van der Waals surface area (Å²) in [6.07, 6.45) is 8.97. The zero-order valence-electron chi connectivity index (χ0n) is 25.4. The molecule has 1 saturated heterocycles. The minimum absolute atomic E-state index is 0.0325. The predicted molar refractivity (Wildman–Crippen MR) is 173 cm³/mol. The number of hydrogen-bond donors (Lipinski definition) is 1. The monoisotopic (exact) mass is 607 g/mol. The molecular formula is C32H41N5O3S2. The van der Waals surface area contributed by atoms with Crippen LogP contribution in [-0.4, -0.2) is 83.7 Å². The van der Waals surface area contributed by atoms with Gasteiger partial charge in [0.05, 0.1) is 10.4 Å². The summed E-state index contributed by atoms with van der Waals surface area (Å²) in [4.78, 5) is 49.9. The lowest BCUT2D eigenvalue weighted by atomic mass is 10.0. The van der Waals surface area contributed by atoms with Gasteiger partial charge in [0.2, 0.25) is 5.91 Å². The van der Waals surface area contributed by atoms with Gasteiger partial charge in [-0.2, -0.15) is 0 Å². The molecule has 0 saturated carbocycles. The first-order chi connectivity index (χ1) is 20.0. The number of aryl methyl sites for hydroxylation is 2. The van der Waals surface area contributed by atoms with Crippen LogP contribution >= 0.6 is 23.1 Å². The number of nitrogens with one attached hydrogen (secondary N) is 1. The average molecular weight is 608 g/mol. The first-order valence-corrected chi connectivity index (χ1v) is 15.5. The molecule has 0 spiro atoms. The van der Waals surface area contributed by atoms with E-state index in [-0.39, 0.29) is 23.8 Å². The SMILES string of the molecule is C=C/C=C(\C=C(/C)CN(C)C)C(=O)Nc1ncc(Sc2cc(C(=O)N3CCN(C(=O)C=C)[C@H](CC)C3)c(C)cc2C)s1. The van der Waals surface area contributed by atoms with Gasteiger partial charge in [0, 0.05) is 48.3 Å². The maximum absolute atomic E-state index is 13.6. The van der Waals surface area contributed by atoms with Crippen LogP contribution in [-0.2, 0) is 9.59 Å². The first kappa shape index (κ1) is 33.0. The highest BCUT2D eigenvalue weighted by atomic mass is 32.2. The van der Waals surface area contributed by atoms with E-state index in [1.54, 1.807) is 23.2 Å². The van der Waals surface area contributed by atoms with Crippen molar-refractivity contribution in [1.82, 2.24) is 19.7 Å². The summed E-state index contributed by atoms with van der Waals surface area (Å²) in [6.45, 7) is 17.5. The van der Waals surface area contributed by atoms with Crippen LogP contribution in [0.3, 0.4) is 0 Å². The first-order valence-electron chi connectivity index (χ1n) is 13.9. The van der Waals surface area contributed by atoms with E-state index in [0.29, 0.717) is 35.9 Å². The summed E-state index contributed by atoms with van der Waals surface area (Å²) in [7, 11) is 3.96. The number of carbonyl (C=O) groups excluding carboxylic acids is 3. The standard InChI is InChI=1S/C32H41N5O3S2/c1-9-12-24(15-21(4)19-35(7)8)30(39)34-32-33-18-29(42-32)41-27-17-26(22(5)16-23(27)6)31(40)36-13-14-37(28(38)11-3)25(10-2)20-36/h9,11-12,15-18,25H,1,3,10,13-14,19-20H2,2,4-8H3,(H,33,34,39)/b21-15+,24-12+/t25-/m1/s1. The normalized spacial score (nSPS) is 16.0. The molecule has 1 aromatic heterocycles. The molecular weight excluding hydrogens is 567 g/mol. The third-order valence-electron chi connectivity index (χ3n) is 6.89. The Hall–Kier alpha value is -3.47. The van der Waals surface area contributed by atoms with Crippen LogP contribution in [0.5, 0.6) is 0 Å². The Morgan fingerprint density at radius 1 is 1.19 bits per heavy atom. The van der Waals surface area contributed by atoms with E-state index >= 15 is 0 Å². The molecule has 1 N–H and O–H groups in total. The van der Waals surface area contributed by atoms with Gasteiger partial charge in [-0.1, -0.05) is 67.0 Å². The number of carbonyl (C=O) groups is 3. The van der Waals surface area contributed by atoms with Crippen molar-refractivity contribution in [3.63, 3.8) is 0 Å². The van der Waals surface area contributed by atoms with Crippen molar-refractivity contribution in [2.75, 3.05) is 45.6 Å². The van der Waals surface area contributed by atoms with E-state index in [0.717, 1.165) is 38.8 Å². The molecule has 1 atom stereocenters. The van der Waals surface area contributed by atoms with Gasteiger partial charge in [-0.15, -0.1) is 0 Å². The van der Waals surface area contributed by atoms with Gasteiger partial charge < -0.3 is 14.7 Å². The highest BCUT2D eigenvalue weighted by Crippen LogP contribution is 2.37. The molecule has 10 heteroatoms. The summed E-state index contributed by atoms with van der Waals surface area (Å²) in [5, 5.41) is 3.39. The van der Waals surface area contributed by atoms with Crippen LogP contribution in [0.1, 0.15) is 41.8 Å². The molecule has 2 heterocycles. The van der Waals surface area contributed by atoms with Gasteiger partial charge in [-0.05, 0) is 70.6 Å². The highest BCUT2D eigenvalue weighted by molar-refractivity contribution is 8.01. The Kier molecular flexibility index (Phi) is 11.9. The highest BCUT2D eigenvalue weighted by Gasteiger charge is 2.31. The zero-order chi connectivity index (χ0) is 31.0. The molecule has 1 fully saturated rings. The van der Waals surface area contributed by atoms with E-state index in [1.807, 2.05) is 69.8 Å². The minimum atomic E-state index is -0.251. The van der Waals surface area contributed by atoms with Crippen molar-refractivity contribution >= 4 is 46.0 Å². The van der Waals surface area contributed by atoms with E-state index in [1.165, 1.54) is 29.2 Å². The van der Waals surface area contributed by atoms with Gasteiger partial charge in [0.15, 0.2) is 5.13 Å². The van der Waals surface area contributed by atoms with E-state index < -0.39 is 0 Å². The number of amides is 3. The molecule has 0 radical (unpaired) electrons. The topological polar surface area (TPSA) is 85.8 Å². The molecule has 3 rings (SSSR count). The molecule has 0 unspecified atom stereocenters. The van der Waals surface area contributed by atoms with Crippen molar-refractivity contribution in [1.29, 1.82) is 0 Å². The second kappa shape index (κ2) is 15.1. The third-order valence-corrected chi connectivity index (χ3v) is 9.07. The van der Waals surface area contributed by atoms with Gasteiger partial charge in [0.25, 0.3) is 11.8 Å². The largest absolute Gasteiger partial charge is 0.335 e. The Morgan fingerprint density at radius 2 is 1.93 bits per heavy atom. The van der Waals surface area contributed by atoms with E-state index in [9.17, 15) is 14.4 Å². The van der Waals surface area contributed by atoms with Crippen LogP contribution in [0, 0.1) is 13.8 Å². The van der Waals surface area contributed by atoms with Crippen molar-refractivity contribution in [2.24, 2.45) is 0 Å². The summed E-state index contributed by atoms with van der Waals surface area (Å²) in [6, 6.07) is 3.94. The second-order valence-corrected chi connectivity index (χ2v) is 13.0. The summed E-state index contributed by atoms with van der Waals surface area (Å²) in [5.74, 6) is -0.378. The number of likely N-dealkylation sites (N-methyl/N-ethyl adjacent to an activating group) is 1. The van der Waals surface area contributed by atoms with Gasteiger partial charge in [-0.3, -0.25) is 19.7 Å². The Bertz CT molecular complexity index is 1410. The molecule has 1 aliphatic heterocycles. The average Bonchev–Trinajstić information content (AvgIpc) is 3.39. The maximum Gasteiger partial charge on any atom is 0.257 e. The molecule has 8 nitrogen and oxygen atoms in total. The number of thiazole rings is 1. The number of rotatable bonds is 11. The summed E-state index contributed by atoms with van der Waals surface area (Å²) in [5.41, 5.74) is 4.18. The number of piperazine rings is 1. The van der Waals surface area contributed by atoms with Crippen molar-refractivity contribution in [2.45, 2.75) is 49.3 Å². The van der Waals surface area contributed by atoms with Crippen molar-refractivity contribution < 1.29 is 14.4 Å². The minimum Gasteiger partial charge on any atom is -0.335 e. The lowest BCUT2D eigenvalue weighted by Gasteiger charge is -2.41. The fraction of sp³-hybridized carbons (Fsp3) is 0.375. The molecule has 1 aromatic carbocycles. The van der Waals surface area contributed by atoms with E-state index in [4.69, 9.17) is 0 Å². The Labute approximate surface area is 257 Å². The van der Waals surface area contributed by atoms with E-state index in [2.05, 4.69) is 23.5 Å². The number of aromatic nitrogens is 1. The molecule has 224 valence electrons. The molecule has 3 amide bonds. The molecule has 2 aromatic rings.